The van der Waals surface area contributed by atoms with Crippen LogP contribution in [0.25, 0.3) is 22.4 Å². The van der Waals surface area contributed by atoms with E-state index in [4.69, 9.17) is 14.7 Å². The van der Waals surface area contributed by atoms with Gasteiger partial charge in [0.1, 0.15) is 5.52 Å². The van der Waals surface area contributed by atoms with Crippen LogP contribution in [0.4, 0.5) is 0 Å². The van der Waals surface area contributed by atoms with Crippen molar-refractivity contribution in [3.63, 3.8) is 0 Å². The first-order valence-corrected chi connectivity index (χ1v) is 9.07. The van der Waals surface area contributed by atoms with Crippen molar-refractivity contribution in [2.75, 3.05) is 13.2 Å². The summed E-state index contributed by atoms with van der Waals surface area (Å²) in [6, 6.07) is 3.90. The van der Waals surface area contributed by atoms with E-state index in [1.165, 1.54) is 0 Å². The highest BCUT2D eigenvalue weighted by Gasteiger charge is 2.19. The second-order valence-electron chi connectivity index (χ2n) is 6.54. The van der Waals surface area contributed by atoms with Gasteiger partial charge in [0.05, 0.1) is 23.7 Å². The monoisotopic (exact) mass is 354 g/mol. The summed E-state index contributed by atoms with van der Waals surface area (Å²) in [6.45, 7) is 8.67. The molecule has 1 atom stereocenters. The normalized spacial score (nSPS) is 12.5. The lowest BCUT2D eigenvalue weighted by Crippen LogP contribution is -2.03. The fourth-order valence-corrected chi connectivity index (χ4v) is 3.19. The Morgan fingerprint density at radius 2 is 1.96 bits per heavy atom. The van der Waals surface area contributed by atoms with Crippen molar-refractivity contribution in [2.24, 2.45) is 7.05 Å². The molecule has 26 heavy (non-hydrogen) atoms. The number of hydrogen-bond acceptors (Lipinski definition) is 5. The number of ether oxygens (including phenoxy) is 1. The average molecular weight is 354 g/mol. The Labute approximate surface area is 153 Å². The molecule has 1 N–H and O–H groups in total. The number of hydrogen-bond donors (Lipinski definition) is 1. The lowest BCUT2D eigenvalue weighted by Gasteiger charge is -2.12. The zero-order chi connectivity index (χ0) is 18.8. The second-order valence-corrected chi connectivity index (χ2v) is 6.54. The molecule has 3 aromatic rings. The van der Waals surface area contributed by atoms with Gasteiger partial charge in [-0.25, -0.2) is 15.0 Å². The fraction of sp³-hybridized carbons (Fsp3) is 0.450. The molecule has 0 radical (unpaired) electrons. The van der Waals surface area contributed by atoms with Crippen molar-refractivity contribution in [1.29, 1.82) is 0 Å². The number of aryl methyl sites for hydroxylation is 3. The van der Waals surface area contributed by atoms with Crippen LogP contribution in [0.15, 0.2) is 18.3 Å². The van der Waals surface area contributed by atoms with Gasteiger partial charge >= 0.3 is 0 Å². The number of aliphatic hydroxyl groups excluding tert-OH is 1. The van der Waals surface area contributed by atoms with E-state index in [1.807, 2.05) is 50.7 Å². The van der Waals surface area contributed by atoms with Crippen LogP contribution >= 0.6 is 0 Å². The molecule has 0 aliphatic heterocycles. The lowest BCUT2D eigenvalue weighted by molar-refractivity contribution is 0.273. The first-order valence-electron chi connectivity index (χ1n) is 9.07. The van der Waals surface area contributed by atoms with Gasteiger partial charge in [-0.2, -0.15) is 0 Å². The summed E-state index contributed by atoms with van der Waals surface area (Å²) in [7, 11) is 1.96. The molecule has 3 heterocycles. The molecule has 0 fully saturated rings. The van der Waals surface area contributed by atoms with Crippen molar-refractivity contribution in [1.82, 2.24) is 19.5 Å². The molecule has 0 aliphatic carbocycles. The summed E-state index contributed by atoms with van der Waals surface area (Å²) >= 11 is 0. The van der Waals surface area contributed by atoms with Crippen molar-refractivity contribution >= 4 is 11.2 Å². The molecule has 0 unspecified atom stereocenters. The topological polar surface area (TPSA) is 73.1 Å². The largest absolute Gasteiger partial charge is 0.478 e. The number of nitrogens with zero attached hydrogens (tertiary/aromatic N) is 4. The summed E-state index contributed by atoms with van der Waals surface area (Å²) < 4.78 is 7.50. The minimum Gasteiger partial charge on any atom is -0.478 e. The van der Waals surface area contributed by atoms with Crippen LogP contribution in [0.2, 0.25) is 0 Å². The van der Waals surface area contributed by atoms with Gasteiger partial charge < -0.3 is 14.4 Å². The van der Waals surface area contributed by atoms with Crippen LogP contribution in [0.5, 0.6) is 5.88 Å². The molecule has 3 aromatic heterocycles. The molecule has 0 saturated carbocycles. The number of aromatic nitrogens is 4. The number of aliphatic hydroxyl groups is 1. The van der Waals surface area contributed by atoms with Crippen LogP contribution in [-0.4, -0.2) is 37.8 Å². The molecule has 6 heteroatoms. The molecule has 0 amide bonds. The Morgan fingerprint density at radius 1 is 1.19 bits per heavy atom. The van der Waals surface area contributed by atoms with Crippen LogP contribution in [0.3, 0.4) is 0 Å². The molecular formula is C20H26N4O2. The Bertz CT molecular complexity index is 933. The third kappa shape index (κ3) is 3.17. The maximum atomic E-state index is 9.52. The maximum Gasteiger partial charge on any atom is 0.213 e. The minimum atomic E-state index is 0.0246. The molecular weight excluding hydrogens is 328 g/mol. The molecule has 6 nitrogen and oxygen atoms in total. The van der Waals surface area contributed by atoms with Gasteiger partial charge in [-0.1, -0.05) is 13.8 Å². The summed E-state index contributed by atoms with van der Waals surface area (Å²) in [5.74, 6) is 0.661. The summed E-state index contributed by atoms with van der Waals surface area (Å²) in [4.78, 5) is 14.3. The van der Waals surface area contributed by atoms with Gasteiger partial charge in [0.25, 0.3) is 0 Å². The molecule has 0 aromatic carbocycles. The lowest BCUT2D eigenvalue weighted by atomic mass is 10.0. The van der Waals surface area contributed by atoms with E-state index < -0.39 is 0 Å². The Hall–Kier alpha value is -2.47. The van der Waals surface area contributed by atoms with Crippen LogP contribution in [0.1, 0.15) is 43.6 Å². The highest BCUT2D eigenvalue weighted by molar-refractivity contribution is 5.80. The first kappa shape index (κ1) is 18.3. The zero-order valence-electron chi connectivity index (χ0n) is 16.1. The minimum absolute atomic E-state index is 0.0246. The predicted octanol–water partition coefficient (Wildman–Crippen LogP) is 3.40. The third-order valence-electron chi connectivity index (χ3n) is 4.63. The number of rotatable bonds is 6. The van der Waals surface area contributed by atoms with Crippen LogP contribution < -0.4 is 4.74 Å². The predicted molar refractivity (Wildman–Crippen MR) is 103 cm³/mol. The standard InChI is InChI=1S/C20H26N4O2/c1-6-16-14(8-9-17(22-16)26-7-2)18-13(4)21-19-15(12(3)11-25)10-24(5)20(19)23-18/h8-10,12,25H,6-7,11H2,1-5H3/t12-/m1/s1. The van der Waals surface area contributed by atoms with Gasteiger partial charge in [-0.15, -0.1) is 0 Å². The molecule has 138 valence electrons. The fourth-order valence-electron chi connectivity index (χ4n) is 3.19. The van der Waals surface area contributed by atoms with E-state index in [2.05, 4.69) is 11.9 Å². The van der Waals surface area contributed by atoms with Crippen LogP contribution in [-0.2, 0) is 13.5 Å². The van der Waals surface area contributed by atoms with E-state index in [-0.39, 0.29) is 12.5 Å². The van der Waals surface area contributed by atoms with Crippen molar-refractivity contribution in [2.45, 2.75) is 40.0 Å². The van der Waals surface area contributed by atoms with E-state index in [9.17, 15) is 5.11 Å². The van der Waals surface area contributed by atoms with E-state index in [1.54, 1.807) is 0 Å². The van der Waals surface area contributed by atoms with E-state index >= 15 is 0 Å². The third-order valence-corrected chi connectivity index (χ3v) is 4.63. The van der Waals surface area contributed by atoms with Gasteiger partial charge in [0.15, 0.2) is 5.65 Å². The molecule has 0 saturated heterocycles. The van der Waals surface area contributed by atoms with Crippen molar-refractivity contribution in [3.8, 4) is 17.1 Å². The van der Waals surface area contributed by atoms with Gasteiger partial charge in [-0.05, 0) is 26.3 Å². The smallest absolute Gasteiger partial charge is 0.213 e. The van der Waals surface area contributed by atoms with E-state index in [0.717, 1.165) is 45.8 Å². The van der Waals surface area contributed by atoms with Crippen LogP contribution in [0, 0.1) is 6.92 Å². The number of pyridine rings is 1. The summed E-state index contributed by atoms with van der Waals surface area (Å²) in [5, 5.41) is 9.52. The Kier molecular flexibility index (Phi) is 5.23. The zero-order valence-corrected chi connectivity index (χ0v) is 16.1. The van der Waals surface area contributed by atoms with E-state index in [0.29, 0.717) is 12.5 Å². The highest BCUT2D eigenvalue weighted by atomic mass is 16.5. The molecule has 0 bridgehead atoms. The maximum absolute atomic E-state index is 9.52. The second kappa shape index (κ2) is 7.41. The Balaban J connectivity index is 2.17. The highest BCUT2D eigenvalue weighted by Crippen LogP contribution is 2.30. The van der Waals surface area contributed by atoms with Crippen molar-refractivity contribution < 1.29 is 9.84 Å². The summed E-state index contributed by atoms with van der Waals surface area (Å²) in [6.07, 6.45) is 2.79. The molecule has 0 spiro atoms. The van der Waals surface area contributed by atoms with Gasteiger partial charge in [-0.3, -0.25) is 0 Å². The van der Waals surface area contributed by atoms with Gasteiger partial charge in [0, 0.05) is 43.0 Å². The quantitative estimate of drug-likeness (QED) is 0.734. The summed E-state index contributed by atoms with van der Waals surface area (Å²) in [5.41, 5.74) is 6.33. The average Bonchev–Trinajstić information content (AvgIpc) is 2.96. The SMILES string of the molecule is CCOc1ccc(-c2nc3c(nc2C)c([C@H](C)CO)cn3C)c(CC)n1. The number of fused-ring (bicyclic) bond motifs is 1. The first-order chi connectivity index (χ1) is 12.5. The van der Waals surface area contributed by atoms with Crippen molar-refractivity contribution in [3.05, 3.63) is 35.3 Å². The molecule has 3 rings (SSSR count). The van der Waals surface area contributed by atoms with Gasteiger partial charge in [0.2, 0.25) is 5.88 Å². The Morgan fingerprint density at radius 3 is 2.62 bits per heavy atom. The molecule has 0 aliphatic rings.